The van der Waals surface area contributed by atoms with Crippen LogP contribution in [0.5, 0.6) is 11.5 Å². The molecule has 76 heavy (non-hydrogen) atoms. The van der Waals surface area contributed by atoms with Gasteiger partial charge in [0.1, 0.15) is 17.5 Å². The number of rotatable bonds is 9. The zero-order chi connectivity index (χ0) is 51.6. The van der Waals surface area contributed by atoms with Gasteiger partial charge in [-0.25, -0.2) is 13.8 Å². The molecule has 3 heterocycles. The van der Waals surface area contributed by atoms with E-state index in [1.54, 1.807) is 0 Å². The van der Waals surface area contributed by atoms with Gasteiger partial charge in [0, 0.05) is 72.5 Å². The van der Waals surface area contributed by atoms with Crippen LogP contribution in [-0.4, -0.2) is 9.55 Å². The predicted octanol–water partition coefficient (Wildman–Crippen LogP) is 18.5. The summed E-state index contributed by atoms with van der Waals surface area (Å²) in [4.78, 5) is 9.25. The van der Waals surface area contributed by atoms with E-state index in [4.69, 9.17) is 9.72 Å². The number of hydrogen-bond donors (Lipinski definition) is 0. The molecule has 1 aliphatic heterocycles. The van der Waals surface area contributed by atoms with Crippen LogP contribution >= 0.6 is 0 Å². The van der Waals surface area contributed by atoms with Gasteiger partial charge in [-0.2, -0.15) is 6.07 Å². The van der Waals surface area contributed by atoms with Gasteiger partial charge in [-0.05, 0) is 122 Å². The minimum absolute atomic E-state index is 0. The van der Waals surface area contributed by atoms with Crippen LogP contribution < -0.4 is 14.5 Å². The standard InChI is InChI=1S/C68H53F2N4O.Pt/c1-67(2,3)48-34-35-71-65(40-48)74-61-21-13-12-20-57(61)58-33-32-53(42-64(58)74)75-54-37-47(56-19-11-10-18-55(56)44-16-8-7-9-17-44)36-52(41-54)72-43-73(63-23-15-14-22-62(63)72)66-59(45-24-28-50(69)29-25-45)38-49(68(4,5)6)39-60(66)46-26-30-51(70)31-27-46;/h7-40,43H,1-6H3;/q-3;. The topological polar surface area (TPSA) is 33.5 Å². The molecule has 0 unspecified atom stereocenters. The Morgan fingerprint density at radius 2 is 1.04 bits per heavy atom. The first-order valence-corrected chi connectivity index (χ1v) is 25.3. The van der Waals surface area contributed by atoms with Crippen LogP contribution in [0.3, 0.4) is 0 Å². The van der Waals surface area contributed by atoms with Crippen LogP contribution in [-0.2, 0) is 31.9 Å². The molecule has 8 heteroatoms. The van der Waals surface area contributed by atoms with E-state index < -0.39 is 0 Å². The summed E-state index contributed by atoms with van der Waals surface area (Å²) in [6.45, 7) is 15.3. The van der Waals surface area contributed by atoms with Crippen LogP contribution in [0.2, 0.25) is 0 Å². The van der Waals surface area contributed by atoms with Crippen molar-refractivity contribution in [1.82, 2.24) is 9.55 Å². The number of fused-ring (bicyclic) bond motifs is 4. The molecule has 0 spiro atoms. The number of halogens is 2. The monoisotopic (exact) mass is 1170 g/mol. The van der Waals surface area contributed by atoms with Gasteiger partial charge in [-0.15, -0.1) is 53.6 Å². The zero-order valence-electron chi connectivity index (χ0n) is 43.0. The smallest absolute Gasteiger partial charge is 0.135 e. The summed E-state index contributed by atoms with van der Waals surface area (Å²) >= 11 is 0. The van der Waals surface area contributed by atoms with Crippen molar-refractivity contribution in [1.29, 1.82) is 0 Å². The van der Waals surface area contributed by atoms with E-state index >= 15 is 0 Å². The maximum atomic E-state index is 14.7. The van der Waals surface area contributed by atoms with Crippen LogP contribution in [0, 0.1) is 30.4 Å². The average molecular weight is 1180 g/mol. The Kier molecular flexibility index (Phi) is 13.1. The van der Waals surface area contributed by atoms with Crippen molar-refractivity contribution in [2.75, 3.05) is 9.80 Å². The Bertz CT molecular complexity index is 3880. The van der Waals surface area contributed by atoms with Crippen molar-refractivity contribution in [3.63, 3.8) is 0 Å². The van der Waals surface area contributed by atoms with Crippen molar-refractivity contribution < 1.29 is 34.6 Å². The molecule has 0 atom stereocenters. The molecule has 0 radical (unpaired) electrons. The summed E-state index contributed by atoms with van der Waals surface area (Å²) in [5.41, 5.74) is 14.8. The van der Waals surface area contributed by atoms with Crippen molar-refractivity contribution >= 4 is 44.6 Å². The van der Waals surface area contributed by atoms with E-state index in [0.717, 1.165) is 100 Å². The van der Waals surface area contributed by atoms with Crippen molar-refractivity contribution in [3.8, 4) is 61.8 Å². The molecule has 0 saturated heterocycles. The van der Waals surface area contributed by atoms with Crippen LogP contribution in [0.25, 0.3) is 72.1 Å². The van der Waals surface area contributed by atoms with Crippen LogP contribution in [0.1, 0.15) is 52.7 Å². The molecule has 0 amide bonds. The van der Waals surface area contributed by atoms with Crippen molar-refractivity contribution in [3.05, 3.63) is 248 Å². The molecule has 5 nitrogen and oxygen atoms in total. The third-order valence-electron chi connectivity index (χ3n) is 14.2. The first-order valence-electron chi connectivity index (χ1n) is 25.3. The Balaban J connectivity index is 0.00000616. The quantitative estimate of drug-likeness (QED) is 0.135. The van der Waals surface area contributed by atoms with Crippen LogP contribution in [0.15, 0.2) is 206 Å². The Morgan fingerprint density at radius 1 is 0.474 bits per heavy atom. The fourth-order valence-corrected chi connectivity index (χ4v) is 10.3. The third-order valence-corrected chi connectivity index (χ3v) is 14.2. The van der Waals surface area contributed by atoms with Crippen molar-refractivity contribution in [2.24, 2.45) is 0 Å². The van der Waals surface area contributed by atoms with Gasteiger partial charge in [-0.3, -0.25) is 0 Å². The summed E-state index contributed by atoms with van der Waals surface area (Å²) in [7, 11) is 0. The Morgan fingerprint density at radius 3 is 1.68 bits per heavy atom. The molecule has 0 bridgehead atoms. The molecule has 11 aromatic rings. The predicted molar refractivity (Wildman–Crippen MR) is 303 cm³/mol. The van der Waals surface area contributed by atoms with Gasteiger partial charge in [0.25, 0.3) is 0 Å². The van der Waals surface area contributed by atoms with E-state index in [1.807, 2.05) is 54.7 Å². The number of pyridine rings is 1. The fraction of sp³-hybridized carbons (Fsp3) is 0.118. The molecule has 0 N–H and O–H groups in total. The number of anilines is 4. The first kappa shape index (κ1) is 50.1. The Hall–Kier alpha value is -8.12. The molecule has 0 saturated carbocycles. The van der Waals surface area contributed by atoms with Crippen molar-refractivity contribution in [2.45, 2.75) is 52.4 Å². The fourth-order valence-electron chi connectivity index (χ4n) is 10.3. The van der Waals surface area contributed by atoms with Gasteiger partial charge in [0.2, 0.25) is 0 Å². The number of ether oxygens (including phenoxy) is 1. The molecule has 1 aliphatic rings. The van der Waals surface area contributed by atoms with Crippen LogP contribution in [0.4, 0.5) is 31.5 Å². The van der Waals surface area contributed by atoms with Gasteiger partial charge >= 0.3 is 0 Å². The van der Waals surface area contributed by atoms with Gasteiger partial charge in [-0.1, -0.05) is 156 Å². The summed E-state index contributed by atoms with van der Waals surface area (Å²) in [6.07, 6.45) is 1.88. The minimum atomic E-state index is -0.319. The number of para-hydroxylation sites is 3. The summed E-state index contributed by atoms with van der Waals surface area (Å²) in [5, 5.41) is 2.13. The number of hydrogen-bond acceptors (Lipinski definition) is 4. The first-order chi connectivity index (χ1) is 36.2. The zero-order valence-corrected chi connectivity index (χ0v) is 45.2. The maximum Gasteiger partial charge on any atom is 0.135 e. The molecule has 12 rings (SSSR count). The molecule has 0 aliphatic carbocycles. The van der Waals surface area contributed by atoms with E-state index in [-0.39, 0.29) is 43.5 Å². The molecular weight excluding hydrogens is 1120 g/mol. The van der Waals surface area contributed by atoms with Gasteiger partial charge in [0.15, 0.2) is 0 Å². The number of aromatic nitrogens is 2. The van der Waals surface area contributed by atoms with E-state index in [9.17, 15) is 8.78 Å². The largest absolute Gasteiger partial charge is 0.509 e. The molecule has 2 aromatic heterocycles. The molecule has 0 fully saturated rings. The van der Waals surface area contributed by atoms with E-state index in [2.05, 4.69) is 202 Å². The average Bonchev–Trinajstić information content (AvgIpc) is 4.01. The molecule has 9 aromatic carbocycles. The normalized spacial score (nSPS) is 12.5. The summed E-state index contributed by atoms with van der Waals surface area (Å²) < 4.78 is 38.6. The third kappa shape index (κ3) is 9.39. The van der Waals surface area contributed by atoms with Gasteiger partial charge in [0.05, 0.1) is 0 Å². The van der Waals surface area contributed by atoms with Gasteiger partial charge < -0.3 is 19.1 Å². The second-order valence-corrected chi connectivity index (χ2v) is 21.3. The maximum absolute atomic E-state index is 14.7. The molecular formula is C68H53F2N4OPt-3. The van der Waals surface area contributed by atoms with E-state index in [1.165, 1.54) is 29.8 Å². The number of benzene rings is 9. The second kappa shape index (κ2) is 19.9. The van der Waals surface area contributed by atoms with E-state index in [0.29, 0.717) is 11.5 Å². The Labute approximate surface area is 458 Å². The summed E-state index contributed by atoms with van der Waals surface area (Å²) in [5.74, 6) is 1.19. The SMILES string of the molecule is CC(C)(C)c1ccnc(-n2c3[c-]c(Oc4[c-]c(N5[CH-]N(c6c(-c7ccc(F)cc7)cc(C(C)(C)C)cc6-c6ccc(F)cc6)c6ccccc65)cc(-c5ccccc5-c5ccccc5)c4)ccc3c3ccccc32)c1.[Pt]. The minimum Gasteiger partial charge on any atom is -0.509 e. The second-order valence-electron chi connectivity index (χ2n) is 21.3. The summed E-state index contributed by atoms with van der Waals surface area (Å²) in [6, 6.07) is 73.2. The molecule has 378 valence electrons. The number of nitrogens with zero attached hydrogens (tertiary/aromatic N) is 4.